The van der Waals surface area contributed by atoms with Gasteiger partial charge in [0.1, 0.15) is 6.04 Å². The summed E-state index contributed by atoms with van der Waals surface area (Å²) in [6.07, 6.45) is 2.31. The predicted octanol–water partition coefficient (Wildman–Crippen LogP) is 5.05. The van der Waals surface area contributed by atoms with Crippen molar-refractivity contribution in [2.75, 3.05) is 27.9 Å². The average molecular weight is 454 g/mol. The molecule has 0 bridgehead atoms. The number of hydrogen-bond acceptors (Lipinski definition) is 5. The maximum atomic E-state index is 12.1. The minimum Gasteiger partial charge on any atom is -0.493 e. The average Bonchev–Trinajstić information content (AvgIpc) is 2.74. The number of methoxy groups -OCH3 is 3. The van der Waals surface area contributed by atoms with E-state index in [-0.39, 0.29) is 0 Å². The third kappa shape index (κ3) is 4.31. The van der Waals surface area contributed by atoms with Gasteiger partial charge in [0.15, 0.2) is 11.5 Å². The zero-order chi connectivity index (χ0) is 21.8. The smallest absolute Gasteiger partial charge is 0.320 e. The van der Waals surface area contributed by atoms with Crippen LogP contribution in [-0.2, 0) is 4.79 Å². The number of aliphatic carboxylic acids is 1. The summed E-state index contributed by atoms with van der Waals surface area (Å²) in [5.74, 6) is 0.579. The van der Waals surface area contributed by atoms with Crippen LogP contribution in [0.4, 0.5) is 0 Å². The van der Waals surface area contributed by atoms with Crippen LogP contribution in [0.25, 0.3) is 0 Å². The zero-order valence-electron chi connectivity index (χ0n) is 17.2. The highest BCUT2D eigenvalue weighted by atomic mass is 35.5. The summed E-state index contributed by atoms with van der Waals surface area (Å²) in [5.41, 5.74) is 1.49. The summed E-state index contributed by atoms with van der Waals surface area (Å²) in [6.45, 7) is 0.609. The molecule has 2 aromatic carbocycles. The first-order valence-corrected chi connectivity index (χ1v) is 10.4. The number of carbonyl (C=O) groups is 1. The van der Waals surface area contributed by atoms with Crippen LogP contribution < -0.4 is 14.2 Å². The van der Waals surface area contributed by atoms with Crippen molar-refractivity contribution in [3.05, 3.63) is 51.5 Å². The Hall–Kier alpha value is -2.15. The zero-order valence-corrected chi connectivity index (χ0v) is 18.7. The number of likely N-dealkylation sites (tertiary alicyclic amines) is 1. The quantitative estimate of drug-likeness (QED) is 0.632. The molecule has 1 N–H and O–H groups in total. The second kappa shape index (κ2) is 9.77. The highest BCUT2D eigenvalue weighted by Gasteiger charge is 2.38. The Bertz CT molecular complexity index is 921. The number of ether oxygens (including phenoxy) is 3. The van der Waals surface area contributed by atoms with Gasteiger partial charge in [-0.3, -0.25) is 9.69 Å². The second-order valence-corrected chi connectivity index (χ2v) is 7.92. The van der Waals surface area contributed by atoms with Gasteiger partial charge in [0, 0.05) is 15.6 Å². The topological polar surface area (TPSA) is 68.2 Å². The number of carboxylic acids is 1. The van der Waals surface area contributed by atoms with E-state index in [4.69, 9.17) is 37.4 Å². The molecule has 0 aliphatic carbocycles. The number of piperidine rings is 1. The molecule has 1 saturated heterocycles. The fourth-order valence-electron chi connectivity index (χ4n) is 4.12. The van der Waals surface area contributed by atoms with Crippen molar-refractivity contribution in [2.45, 2.75) is 31.3 Å². The molecule has 0 spiro atoms. The lowest BCUT2D eigenvalue weighted by Gasteiger charge is -2.40. The SMILES string of the molecule is COc1ccc(C(c2ccc(Cl)cc2Cl)N2CCCCC2C(=O)O)c(OC)c1OC. The van der Waals surface area contributed by atoms with Crippen LogP contribution >= 0.6 is 23.2 Å². The first-order valence-electron chi connectivity index (χ1n) is 9.65. The molecule has 30 heavy (non-hydrogen) atoms. The molecule has 8 heteroatoms. The van der Waals surface area contributed by atoms with Crippen molar-refractivity contribution < 1.29 is 24.1 Å². The van der Waals surface area contributed by atoms with E-state index in [1.165, 1.54) is 7.11 Å². The Morgan fingerprint density at radius 3 is 2.33 bits per heavy atom. The molecule has 1 heterocycles. The Balaban J connectivity index is 2.26. The molecule has 3 rings (SSSR count). The van der Waals surface area contributed by atoms with E-state index in [2.05, 4.69) is 0 Å². The molecule has 162 valence electrons. The van der Waals surface area contributed by atoms with Gasteiger partial charge in [-0.05, 0) is 49.2 Å². The molecule has 0 aromatic heterocycles. The van der Waals surface area contributed by atoms with Gasteiger partial charge in [0.2, 0.25) is 5.75 Å². The summed E-state index contributed by atoms with van der Waals surface area (Å²) in [7, 11) is 4.64. The van der Waals surface area contributed by atoms with Gasteiger partial charge >= 0.3 is 5.97 Å². The van der Waals surface area contributed by atoms with Crippen molar-refractivity contribution in [1.29, 1.82) is 0 Å². The molecule has 0 radical (unpaired) electrons. The summed E-state index contributed by atoms with van der Waals surface area (Å²) in [4.78, 5) is 14.0. The van der Waals surface area contributed by atoms with Crippen LogP contribution in [0, 0.1) is 0 Å². The fourth-order valence-corrected chi connectivity index (χ4v) is 4.63. The van der Waals surface area contributed by atoms with Crippen molar-refractivity contribution in [1.82, 2.24) is 4.90 Å². The van der Waals surface area contributed by atoms with E-state index < -0.39 is 18.1 Å². The van der Waals surface area contributed by atoms with Crippen LogP contribution in [0.15, 0.2) is 30.3 Å². The highest BCUT2D eigenvalue weighted by Crippen LogP contribution is 2.47. The molecular weight excluding hydrogens is 429 g/mol. The van der Waals surface area contributed by atoms with E-state index in [1.54, 1.807) is 32.4 Å². The Morgan fingerprint density at radius 2 is 1.73 bits per heavy atom. The molecule has 6 nitrogen and oxygen atoms in total. The Kier molecular flexibility index (Phi) is 7.34. The highest BCUT2D eigenvalue weighted by molar-refractivity contribution is 6.35. The second-order valence-electron chi connectivity index (χ2n) is 7.08. The van der Waals surface area contributed by atoms with Gasteiger partial charge < -0.3 is 19.3 Å². The van der Waals surface area contributed by atoms with Gasteiger partial charge in [0.25, 0.3) is 0 Å². The largest absolute Gasteiger partial charge is 0.493 e. The molecule has 0 amide bonds. The number of carboxylic acid groups (broad SMARTS) is 1. The molecule has 2 aromatic rings. The summed E-state index contributed by atoms with van der Waals surface area (Å²) in [6, 6.07) is 7.79. The van der Waals surface area contributed by atoms with E-state index >= 15 is 0 Å². The number of benzene rings is 2. The lowest BCUT2D eigenvalue weighted by molar-refractivity contribution is -0.145. The van der Waals surface area contributed by atoms with Crippen molar-refractivity contribution >= 4 is 29.2 Å². The standard InChI is InChI=1S/C22H25Cl2NO5/c1-28-18-10-9-15(20(29-2)21(18)30-3)19(14-8-7-13(23)12-16(14)24)25-11-5-4-6-17(25)22(26)27/h7-10,12,17,19H,4-6,11H2,1-3H3,(H,26,27). The first-order chi connectivity index (χ1) is 14.4. The third-order valence-corrected chi connectivity index (χ3v) is 6.01. The molecule has 1 fully saturated rings. The molecule has 2 unspecified atom stereocenters. The van der Waals surface area contributed by atoms with Crippen LogP contribution in [0.3, 0.4) is 0 Å². The predicted molar refractivity (Wildman–Crippen MR) is 116 cm³/mol. The van der Waals surface area contributed by atoms with Gasteiger partial charge in [-0.1, -0.05) is 35.7 Å². The van der Waals surface area contributed by atoms with Crippen LogP contribution in [0.1, 0.15) is 36.4 Å². The van der Waals surface area contributed by atoms with E-state index in [0.29, 0.717) is 40.3 Å². The van der Waals surface area contributed by atoms with E-state index in [0.717, 1.165) is 24.0 Å². The van der Waals surface area contributed by atoms with Gasteiger partial charge in [-0.15, -0.1) is 0 Å². The monoisotopic (exact) mass is 453 g/mol. The van der Waals surface area contributed by atoms with Crippen LogP contribution in [0.2, 0.25) is 10.0 Å². The number of nitrogens with zero attached hydrogens (tertiary/aromatic N) is 1. The lowest BCUT2D eigenvalue weighted by atomic mass is 9.90. The minimum atomic E-state index is -0.857. The lowest BCUT2D eigenvalue weighted by Crippen LogP contribution is -2.47. The van der Waals surface area contributed by atoms with Gasteiger partial charge in [-0.2, -0.15) is 0 Å². The maximum Gasteiger partial charge on any atom is 0.320 e. The minimum absolute atomic E-state index is 0.441. The summed E-state index contributed by atoms with van der Waals surface area (Å²) in [5, 5.41) is 10.9. The van der Waals surface area contributed by atoms with Crippen molar-refractivity contribution in [3.8, 4) is 17.2 Å². The number of halogens is 2. The molecule has 2 atom stereocenters. The normalized spacial score (nSPS) is 18.0. The third-order valence-electron chi connectivity index (χ3n) is 5.45. The first kappa shape index (κ1) is 22.5. The van der Waals surface area contributed by atoms with Crippen molar-refractivity contribution in [2.24, 2.45) is 0 Å². The molecule has 1 aliphatic rings. The number of hydrogen-bond donors (Lipinski definition) is 1. The molecule has 1 aliphatic heterocycles. The molecular formula is C22H25Cl2NO5. The molecule has 0 saturated carbocycles. The maximum absolute atomic E-state index is 12.1. The Morgan fingerprint density at radius 1 is 1.03 bits per heavy atom. The summed E-state index contributed by atoms with van der Waals surface area (Å²) < 4.78 is 16.7. The van der Waals surface area contributed by atoms with Gasteiger partial charge in [0.05, 0.1) is 27.4 Å². The summed E-state index contributed by atoms with van der Waals surface area (Å²) >= 11 is 12.7. The van der Waals surface area contributed by atoms with Crippen LogP contribution in [-0.4, -0.2) is 49.9 Å². The Labute approximate surface area is 186 Å². The fraction of sp³-hybridized carbons (Fsp3) is 0.409. The van der Waals surface area contributed by atoms with Crippen molar-refractivity contribution in [3.63, 3.8) is 0 Å². The van der Waals surface area contributed by atoms with E-state index in [1.807, 2.05) is 17.0 Å². The van der Waals surface area contributed by atoms with Gasteiger partial charge in [-0.25, -0.2) is 0 Å². The number of rotatable bonds is 7. The van der Waals surface area contributed by atoms with E-state index in [9.17, 15) is 9.90 Å². The van der Waals surface area contributed by atoms with Crippen LogP contribution in [0.5, 0.6) is 17.2 Å².